The molecule has 0 amide bonds. The molecule has 0 saturated carbocycles. The number of fused-ring (bicyclic) bond motifs is 1. The third-order valence-corrected chi connectivity index (χ3v) is 6.03. The molecule has 2 aliphatic heterocycles. The summed E-state index contributed by atoms with van der Waals surface area (Å²) in [7, 11) is 0. The monoisotopic (exact) mass is 353 g/mol. The van der Waals surface area contributed by atoms with E-state index in [1.165, 1.54) is 48.1 Å². The predicted octanol–water partition coefficient (Wildman–Crippen LogP) is 4.50. The molecule has 4 rings (SSSR count). The average molecular weight is 354 g/mol. The fraction of sp³-hybridized carbons (Fsp3) is 0.476. The smallest absolute Gasteiger partial charge is 0.104 e. The molecule has 25 heavy (non-hydrogen) atoms. The van der Waals surface area contributed by atoms with Gasteiger partial charge in [-0.1, -0.05) is 30.4 Å². The van der Waals surface area contributed by atoms with Crippen molar-refractivity contribution in [3.63, 3.8) is 0 Å². The Morgan fingerprint density at radius 1 is 1.16 bits per heavy atom. The van der Waals surface area contributed by atoms with Crippen molar-refractivity contribution in [3.05, 3.63) is 47.8 Å². The molecule has 1 N–H and O–H groups in total. The van der Waals surface area contributed by atoms with Gasteiger partial charge in [-0.15, -0.1) is 0 Å². The van der Waals surface area contributed by atoms with Gasteiger partial charge in [-0.05, 0) is 50.8 Å². The SMILES string of the molecule is CC1(C)CC(N2CCCC2)=CC(=S)N1CCc1c[nH]c2ccccc12. The third-order valence-electron chi connectivity index (χ3n) is 5.69. The van der Waals surface area contributed by atoms with Crippen molar-refractivity contribution < 1.29 is 0 Å². The number of rotatable bonds is 4. The van der Waals surface area contributed by atoms with E-state index in [1.807, 2.05) is 0 Å². The minimum absolute atomic E-state index is 0.0792. The molecule has 1 fully saturated rings. The van der Waals surface area contributed by atoms with Crippen LogP contribution in [-0.2, 0) is 6.42 Å². The fourth-order valence-corrected chi connectivity index (χ4v) is 4.77. The summed E-state index contributed by atoms with van der Waals surface area (Å²) in [6, 6.07) is 8.53. The van der Waals surface area contributed by atoms with Crippen LogP contribution < -0.4 is 0 Å². The normalized spacial score (nSPS) is 20.4. The van der Waals surface area contributed by atoms with Gasteiger partial charge < -0.3 is 14.8 Å². The molecule has 1 saturated heterocycles. The lowest BCUT2D eigenvalue weighted by molar-refractivity contribution is 0.195. The molecule has 0 atom stereocenters. The van der Waals surface area contributed by atoms with Crippen LogP contribution in [0.1, 0.15) is 38.7 Å². The zero-order valence-electron chi connectivity index (χ0n) is 15.2. The summed E-state index contributed by atoms with van der Waals surface area (Å²) in [6.45, 7) is 8.02. The van der Waals surface area contributed by atoms with Crippen LogP contribution in [0.3, 0.4) is 0 Å². The number of likely N-dealkylation sites (tertiary alicyclic amines) is 1. The molecule has 3 nitrogen and oxygen atoms in total. The Bertz CT molecular complexity index is 811. The highest BCUT2D eigenvalue weighted by molar-refractivity contribution is 7.80. The molecular formula is C21H27N3S. The molecule has 0 unspecified atom stereocenters. The topological polar surface area (TPSA) is 22.3 Å². The van der Waals surface area contributed by atoms with E-state index in [-0.39, 0.29) is 5.54 Å². The van der Waals surface area contributed by atoms with Crippen LogP contribution in [-0.4, -0.2) is 44.9 Å². The molecule has 132 valence electrons. The maximum atomic E-state index is 5.79. The van der Waals surface area contributed by atoms with Gasteiger partial charge in [-0.2, -0.15) is 0 Å². The van der Waals surface area contributed by atoms with Crippen molar-refractivity contribution in [2.45, 2.75) is 45.1 Å². The van der Waals surface area contributed by atoms with E-state index in [9.17, 15) is 0 Å². The van der Waals surface area contributed by atoms with E-state index in [0.717, 1.165) is 24.4 Å². The molecule has 0 bridgehead atoms. The van der Waals surface area contributed by atoms with Crippen molar-refractivity contribution in [2.75, 3.05) is 19.6 Å². The van der Waals surface area contributed by atoms with Gasteiger partial charge in [0.15, 0.2) is 0 Å². The average Bonchev–Trinajstić information content (AvgIpc) is 3.23. The van der Waals surface area contributed by atoms with E-state index in [2.05, 4.69) is 65.2 Å². The summed E-state index contributed by atoms with van der Waals surface area (Å²) < 4.78 is 0. The second kappa shape index (κ2) is 6.49. The fourth-order valence-electron chi connectivity index (χ4n) is 4.30. The van der Waals surface area contributed by atoms with Crippen molar-refractivity contribution in [3.8, 4) is 0 Å². The van der Waals surface area contributed by atoms with Gasteiger partial charge in [0, 0.05) is 54.4 Å². The van der Waals surface area contributed by atoms with Crippen LogP contribution in [0.2, 0.25) is 0 Å². The first-order valence-electron chi connectivity index (χ1n) is 9.37. The quantitative estimate of drug-likeness (QED) is 0.818. The van der Waals surface area contributed by atoms with E-state index in [4.69, 9.17) is 12.2 Å². The predicted molar refractivity (Wildman–Crippen MR) is 109 cm³/mol. The molecule has 1 aromatic heterocycles. The summed E-state index contributed by atoms with van der Waals surface area (Å²) in [4.78, 5) is 9.33. The van der Waals surface area contributed by atoms with Crippen LogP contribution >= 0.6 is 12.2 Å². The zero-order chi connectivity index (χ0) is 17.4. The standard InChI is InChI=1S/C21H27N3S/c1-21(2)14-17(23-10-5-6-11-23)13-20(25)24(21)12-9-16-15-22-19-8-4-3-7-18(16)19/h3-4,7-8,13,15,22H,5-6,9-12,14H2,1-2H3. The van der Waals surface area contributed by atoms with Gasteiger partial charge in [-0.3, -0.25) is 0 Å². The number of benzene rings is 1. The number of nitrogens with zero attached hydrogens (tertiary/aromatic N) is 2. The van der Waals surface area contributed by atoms with Gasteiger partial charge in [0.2, 0.25) is 0 Å². The van der Waals surface area contributed by atoms with E-state index in [0.29, 0.717) is 0 Å². The Balaban J connectivity index is 1.51. The number of hydrogen-bond donors (Lipinski definition) is 1. The Hall–Kier alpha value is -1.81. The molecule has 0 radical (unpaired) electrons. The molecule has 0 aliphatic carbocycles. The van der Waals surface area contributed by atoms with Gasteiger partial charge in [0.1, 0.15) is 4.99 Å². The molecule has 4 heteroatoms. The molecule has 3 heterocycles. The second-order valence-electron chi connectivity index (χ2n) is 7.92. The van der Waals surface area contributed by atoms with Crippen molar-refractivity contribution >= 4 is 28.1 Å². The van der Waals surface area contributed by atoms with E-state index in [1.54, 1.807) is 0 Å². The molecule has 0 spiro atoms. The van der Waals surface area contributed by atoms with Crippen LogP contribution in [0, 0.1) is 0 Å². The van der Waals surface area contributed by atoms with Crippen LogP contribution in [0.4, 0.5) is 0 Å². The largest absolute Gasteiger partial charge is 0.375 e. The molecule has 2 aliphatic rings. The maximum Gasteiger partial charge on any atom is 0.104 e. The minimum Gasteiger partial charge on any atom is -0.375 e. The highest BCUT2D eigenvalue weighted by Gasteiger charge is 2.35. The highest BCUT2D eigenvalue weighted by Crippen LogP contribution is 2.33. The van der Waals surface area contributed by atoms with Gasteiger partial charge in [0.25, 0.3) is 0 Å². The Morgan fingerprint density at radius 3 is 2.68 bits per heavy atom. The van der Waals surface area contributed by atoms with Crippen LogP contribution in [0.15, 0.2) is 42.2 Å². The Kier molecular flexibility index (Phi) is 4.32. The summed E-state index contributed by atoms with van der Waals surface area (Å²) in [5, 5.41) is 1.33. The van der Waals surface area contributed by atoms with Crippen molar-refractivity contribution in [1.29, 1.82) is 0 Å². The lowest BCUT2D eigenvalue weighted by atomic mass is 9.91. The summed E-state index contributed by atoms with van der Waals surface area (Å²) >= 11 is 5.79. The third kappa shape index (κ3) is 3.20. The van der Waals surface area contributed by atoms with Gasteiger partial charge in [0.05, 0.1) is 0 Å². The first-order chi connectivity index (χ1) is 12.0. The first kappa shape index (κ1) is 16.6. The van der Waals surface area contributed by atoms with Gasteiger partial charge >= 0.3 is 0 Å². The summed E-state index contributed by atoms with van der Waals surface area (Å²) in [5.41, 5.74) is 4.11. The summed E-state index contributed by atoms with van der Waals surface area (Å²) in [5.74, 6) is 0. The van der Waals surface area contributed by atoms with Gasteiger partial charge in [-0.25, -0.2) is 0 Å². The lowest BCUT2D eigenvalue weighted by Crippen LogP contribution is -2.51. The van der Waals surface area contributed by atoms with Crippen LogP contribution in [0.5, 0.6) is 0 Å². The molecule has 1 aromatic carbocycles. The minimum atomic E-state index is 0.0792. The lowest BCUT2D eigenvalue weighted by Gasteiger charge is -2.45. The van der Waals surface area contributed by atoms with E-state index >= 15 is 0 Å². The zero-order valence-corrected chi connectivity index (χ0v) is 16.0. The number of para-hydroxylation sites is 1. The van der Waals surface area contributed by atoms with E-state index < -0.39 is 0 Å². The van der Waals surface area contributed by atoms with Crippen molar-refractivity contribution in [2.24, 2.45) is 0 Å². The second-order valence-corrected chi connectivity index (χ2v) is 8.34. The Morgan fingerprint density at radius 2 is 1.92 bits per heavy atom. The molecule has 2 aromatic rings. The number of thiocarbonyl (C=S) groups is 1. The number of H-pyrrole nitrogens is 1. The number of hydrogen-bond acceptors (Lipinski definition) is 2. The highest BCUT2D eigenvalue weighted by atomic mass is 32.1. The summed E-state index contributed by atoms with van der Waals surface area (Å²) in [6.07, 6.45) is 9.13. The number of nitrogens with one attached hydrogen (secondary N) is 1. The Labute approximate surface area is 155 Å². The molecular weight excluding hydrogens is 326 g/mol. The number of aromatic nitrogens is 1. The maximum absolute atomic E-state index is 5.79. The number of aromatic amines is 1. The van der Waals surface area contributed by atoms with Crippen molar-refractivity contribution in [1.82, 2.24) is 14.8 Å². The first-order valence-corrected chi connectivity index (χ1v) is 9.77. The van der Waals surface area contributed by atoms with Crippen LogP contribution in [0.25, 0.3) is 10.9 Å².